The Balaban J connectivity index is 1.58. The van der Waals surface area contributed by atoms with Crippen LogP contribution in [0.15, 0.2) is 18.2 Å². The van der Waals surface area contributed by atoms with Crippen molar-refractivity contribution < 1.29 is 9.59 Å². The second kappa shape index (κ2) is 8.41. The molecule has 2 amide bonds. The highest BCUT2D eigenvalue weighted by molar-refractivity contribution is 6.43. The molecule has 136 valence electrons. The Morgan fingerprint density at radius 1 is 0.880 bits per heavy atom. The van der Waals surface area contributed by atoms with Crippen LogP contribution in [0.25, 0.3) is 0 Å². The average molecular weight is 383 g/mol. The van der Waals surface area contributed by atoms with Gasteiger partial charge >= 0.3 is 0 Å². The van der Waals surface area contributed by atoms with E-state index in [0.717, 1.165) is 38.8 Å². The molecular weight excluding hydrogens is 359 g/mol. The molecule has 1 aromatic rings. The first-order chi connectivity index (χ1) is 12.1. The first-order valence-electron chi connectivity index (χ1n) is 9.10. The number of nitrogens with zero attached hydrogens (tertiary/aromatic N) is 2. The van der Waals surface area contributed by atoms with Gasteiger partial charge in [-0.15, -0.1) is 0 Å². The summed E-state index contributed by atoms with van der Waals surface area (Å²) in [5, 5.41) is 0.690. The SMILES string of the molecule is O=C(c1cccc(Cl)c1Cl)N1CCC(C(=O)N2CCCCCC2)CC1. The molecule has 2 aliphatic rings. The van der Waals surface area contributed by atoms with E-state index in [0.29, 0.717) is 28.7 Å². The van der Waals surface area contributed by atoms with Crippen molar-refractivity contribution in [3.63, 3.8) is 0 Å². The number of amides is 2. The standard InChI is InChI=1S/C19H24Cl2N2O2/c20-16-7-5-6-15(17(16)21)19(25)23-12-8-14(9-13-23)18(24)22-10-3-1-2-4-11-22/h5-7,14H,1-4,8-13H2. The Morgan fingerprint density at radius 2 is 1.52 bits per heavy atom. The van der Waals surface area contributed by atoms with Crippen molar-refractivity contribution in [3.05, 3.63) is 33.8 Å². The van der Waals surface area contributed by atoms with Gasteiger partial charge in [-0.2, -0.15) is 0 Å². The molecule has 0 aliphatic carbocycles. The molecule has 0 atom stereocenters. The fourth-order valence-corrected chi connectivity index (χ4v) is 4.10. The van der Waals surface area contributed by atoms with Crippen LogP contribution in [0.4, 0.5) is 0 Å². The topological polar surface area (TPSA) is 40.6 Å². The average Bonchev–Trinajstić information content (AvgIpc) is 2.92. The van der Waals surface area contributed by atoms with Crippen molar-refractivity contribution in [2.75, 3.05) is 26.2 Å². The second-order valence-electron chi connectivity index (χ2n) is 6.91. The van der Waals surface area contributed by atoms with E-state index in [9.17, 15) is 9.59 Å². The smallest absolute Gasteiger partial charge is 0.255 e. The van der Waals surface area contributed by atoms with Crippen LogP contribution in [-0.4, -0.2) is 47.8 Å². The summed E-state index contributed by atoms with van der Waals surface area (Å²) in [6, 6.07) is 5.11. The highest BCUT2D eigenvalue weighted by atomic mass is 35.5. The molecule has 0 spiro atoms. The van der Waals surface area contributed by atoms with Crippen LogP contribution in [-0.2, 0) is 4.79 Å². The van der Waals surface area contributed by atoms with Gasteiger partial charge < -0.3 is 9.80 Å². The third-order valence-corrected chi connectivity index (χ3v) is 6.05. The third-order valence-electron chi connectivity index (χ3n) is 5.23. The number of carbonyl (C=O) groups is 2. The van der Waals surface area contributed by atoms with Crippen LogP contribution >= 0.6 is 23.2 Å². The van der Waals surface area contributed by atoms with E-state index < -0.39 is 0 Å². The monoisotopic (exact) mass is 382 g/mol. The molecule has 0 saturated carbocycles. The fraction of sp³-hybridized carbons (Fsp3) is 0.579. The van der Waals surface area contributed by atoms with Crippen molar-refractivity contribution in [2.24, 2.45) is 5.92 Å². The van der Waals surface area contributed by atoms with Crippen molar-refractivity contribution >= 4 is 35.0 Å². The maximum atomic E-state index is 12.7. The lowest BCUT2D eigenvalue weighted by Crippen LogP contribution is -2.44. The maximum Gasteiger partial charge on any atom is 0.255 e. The summed E-state index contributed by atoms with van der Waals surface area (Å²) in [6.45, 7) is 2.95. The number of rotatable bonds is 2. The maximum absolute atomic E-state index is 12.7. The number of halogens is 2. The van der Waals surface area contributed by atoms with E-state index in [1.165, 1.54) is 12.8 Å². The van der Waals surface area contributed by atoms with Crippen LogP contribution in [0, 0.1) is 5.92 Å². The van der Waals surface area contributed by atoms with E-state index in [-0.39, 0.29) is 17.7 Å². The zero-order chi connectivity index (χ0) is 17.8. The Labute approximate surface area is 159 Å². The van der Waals surface area contributed by atoms with Crippen molar-refractivity contribution in [3.8, 4) is 0 Å². The molecule has 0 radical (unpaired) electrons. The Bertz CT molecular complexity index is 634. The summed E-state index contributed by atoms with van der Waals surface area (Å²) in [4.78, 5) is 29.2. The van der Waals surface area contributed by atoms with E-state index in [2.05, 4.69) is 0 Å². The van der Waals surface area contributed by atoms with E-state index in [4.69, 9.17) is 23.2 Å². The first kappa shape index (κ1) is 18.5. The molecule has 6 heteroatoms. The van der Waals surface area contributed by atoms with Gasteiger partial charge in [0.2, 0.25) is 5.91 Å². The fourth-order valence-electron chi connectivity index (χ4n) is 3.72. The van der Waals surface area contributed by atoms with Crippen molar-refractivity contribution in [2.45, 2.75) is 38.5 Å². The molecule has 2 heterocycles. The van der Waals surface area contributed by atoms with Gasteiger partial charge in [-0.1, -0.05) is 42.1 Å². The zero-order valence-corrected chi connectivity index (χ0v) is 15.9. The summed E-state index contributed by atoms with van der Waals surface area (Å²) >= 11 is 12.2. The molecule has 3 rings (SSSR count). The largest absolute Gasteiger partial charge is 0.342 e. The van der Waals surface area contributed by atoms with E-state index >= 15 is 0 Å². The summed E-state index contributed by atoms with van der Waals surface area (Å²) < 4.78 is 0. The number of piperidine rings is 1. The number of likely N-dealkylation sites (tertiary alicyclic amines) is 2. The first-order valence-corrected chi connectivity index (χ1v) is 9.85. The van der Waals surface area contributed by atoms with E-state index in [1.807, 2.05) is 4.90 Å². The number of hydrogen-bond acceptors (Lipinski definition) is 2. The predicted molar refractivity (Wildman–Crippen MR) is 100 cm³/mol. The van der Waals surface area contributed by atoms with Crippen LogP contribution in [0.5, 0.6) is 0 Å². The van der Waals surface area contributed by atoms with Crippen LogP contribution in [0.3, 0.4) is 0 Å². The van der Waals surface area contributed by atoms with Gasteiger partial charge in [-0.05, 0) is 37.8 Å². The lowest BCUT2D eigenvalue weighted by molar-refractivity contribution is -0.136. The molecule has 0 bridgehead atoms. The van der Waals surface area contributed by atoms with Gasteiger partial charge in [0.05, 0.1) is 15.6 Å². The van der Waals surface area contributed by atoms with Crippen molar-refractivity contribution in [1.82, 2.24) is 9.80 Å². The quantitative estimate of drug-likeness (QED) is 0.766. The molecule has 2 fully saturated rings. The minimum absolute atomic E-state index is 0.0389. The number of carbonyl (C=O) groups excluding carboxylic acids is 2. The Hall–Kier alpha value is -1.26. The lowest BCUT2D eigenvalue weighted by Gasteiger charge is -2.34. The molecule has 2 saturated heterocycles. The molecule has 0 N–H and O–H groups in total. The van der Waals surface area contributed by atoms with Crippen molar-refractivity contribution in [1.29, 1.82) is 0 Å². The second-order valence-corrected chi connectivity index (χ2v) is 7.69. The molecule has 2 aliphatic heterocycles. The highest BCUT2D eigenvalue weighted by Gasteiger charge is 2.31. The van der Waals surface area contributed by atoms with Crippen LogP contribution in [0.1, 0.15) is 48.9 Å². The molecular formula is C19H24Cl2N2O2. The lowest BCUT2D eigenvalue weighted by atomic mass is 9.94. The summed E-state index contributed by atoms with van der Waals surface area (Å²) in [6.07, 6.45) is 6.10. The number of hydrogen-bond donors (Lipinski definition) is 0. The third kappa shape index (κ3) is 4.29. The summed E-state index contributed by atoms with van der Waals surface area (Å²) in [5.74, 6) is 0.208. The molecule has 0 aromatic heterocycles. The Morgan fingerprint density at radius 3 is 2.16 bits per heavy atom. The van der Waals surface area contributed by atoms with Gasteiger partial charge in [0, 0.05) is 32.1 Å². The Kier molecular flexibility index (Phi) is 6.24. The van der Waals surface area contributed by atoms with Crippen LogP contribution < -0.4 is 0 Å². The number of benzene rings is 1. The molecule has 1 aromatic carbocycles. The van der Waals surface area contributed by atoms with Gasteiger partial charge in [0.1, 0.15) is 0 Å². The molecule has 0 unspecified atom stereocenters. The van der Waals surface area contributed by atoms with Gasteiger partial charge in [-0.3, -0.25) is 9.59 Å². The minimum Gasteiger partial charge on any atom is -0.342 e. The van der Waals surface area contributed by atoms with Gasteiger partial charge in [0.25, 0.3) is 5.91 Å². The zero-order valence-electron chi connectivity index (χ0n) is 14.3. The highest BCUT2D eigenvalue weighted by Crippen LogP contribution is 2.28. The van der Waals surface area contributed by atoms with E-state index in [1.54, 1.807) is 23.1 Å². The van der Waals surface area contributed by atoms with Crippen LogP contribution in [0.2, 0.25) is 10.0 Å². The molecule has 4 nitrogen and oxygen atoms in total. The van der Waals surface area contributed by atoms with Gasteiger partial charge in [0.15, 0.2) is 0 Å². The van der Waals surface area contributed by atoms with Gasteiger partial charge in [-0.25, -0.2) is 0 Å². The summed E-state index contributed by atoms with van der Waals surface area (Å²) in [7, 11) is 0. The minimum atomic E-state index is -0.104. The predicted octanol–water partition coefficient (Wildman–Crippen LogP) is 4.25. The molecule has 25 heavy (non-hydrogen) atoms. The summed E-state index contributed by atoms with van der Waals surface area (Å²) in [5.41, 5.74) is 0.437. The normalized spacial score (nSPS) is 19.6.